The highest BCUT2D eigenvalue weighted by atomic mass is 79.9. The second-order valence-electron chi connectivity index (χ2n) is 3.51. The molecule has 0 bridgehead atoms. The molecule has 0 aliphatic rings. The van der Waals surface area contributed by atoms with Crippen molar-refractivity contribution in [3.63, 3.8) is 0 Å². The van der Waals surface area contributed by atoms with Crippen LogP contribution in [0.15, 0.2) is 51.1 Å². The van der Waals surface area contributed by atoms with E-state index in [1.54, 1.807) is 31.1 Å². The van der Waals surface area contributed by atoms with Gasteiger partial charge in [-0.1, -0.05) is 11.8 Å². The predicted octanol–water partition coefficient (Wildman–Crippen LogP) is 3.44. The molecule has 2 heterocycles. The summed E-state index contributed by atoms with van der Waals surface area (Å²) in [6, 6.07) is 7.65. The number of nitrogens with zero attached hydrogens (tertiary/aromatic N) is 2. The van der Waals surface area contributed by atoms with E-state index in [0.717, 1.165) is 14.4 Å². The molecular weight excluding hydrogens is 300 g/mol. The molecule has 0 spiro atoms. The Morgan fingerprint density at radius 2 is 2.00 bits per heavy atom. The lowest BCUT2D eigenvalue weighted by atomic mass is 10.2. The minimum absolute atomic E-state index is 0.528. The fraction of sp³-hybridized carbons (Fsp3) is 0.167. The van der Waals surface area contributed by atoms with E-state index < -0.39 is 6.10 Å². The van der Waals surface area contributed by atoms with Crippen molar-refractivity contribution >= 4 is 27.7 Å². The van der Waals surface area contributed by atoms with Crippen LogP contribution in [0.1, 0.15) is 18.7 Å². The number of aliphatic hydroxyl groups is 1. The summed E-state index contributed by atoms with van der Waals surface area (Å²) in [5, 5.41) is 10.3. The lowest BCUT2D eigenvalue weighted by molar-refractivity contribution is 0.194. The van der Waals surface area contributed by atoms with Gasteiger partial charge in [0, 0.05) is 21.8 Å². The van der Waals surface area contributed by atoms with E-state index in [-0.39, 0.29) is 0 Å². The number of hydrogen-bond acceptors (Lipinski definition) is 4. The highest BCUT2D eigenvalue weighted by Gasteiger charge is 2.03. The summed E-state index contributed by atoms with van der Waals surface area (Å²) in [6.07, 6.45) is 2.98. The summed E-state index contributed by atoms with van der Waals surface area (Å²) in [5.41, 5.74) is 0.679. The summed E-state index contributed by atoms with van der Waals surface area (Å²) in [4.78, 5) is 9.46. The molecule has 2 aromatic rings. The molecule has 1 atom stereocenters. The van der Waals surface area contributed by atoms with Crippen LogP contribution >= 0.6 is 27.7 Å². The number of pyridine rings is 2. The number of aliphatic hydroxyl groups excluding tert-OH is 1. The van der Waals surface area contributed by atoms with E-state index in [1.165, 1.54) is 0 Å². The lowest BCUT2D eigenvalue weighted by Gasteiger charge is -2.04. The van der Waals surface area contributed by atoms with Crippen molar-refractivity contribution < 1.29 is 5.11 Å². The molecular formula is C12H11BrN2OS. The molecule has 0 saturated carbocycles. The summed E-state index contributed by atoms with van der Waals surface area (Å²) >= 11 is 4.89. The van der Waals surface area contributed by atoms with Gasteiger partial charge in [-0.05, 0) is 47.1 Å². The van der Waals surface area contributed by atoms with Gasteiger partial charge in [0.15, 0.2) is 0 Å². The topological polar surface area (TPSA) is 46.0 Å². The molecule has 1 unspecified atom stereocenters. The average molecular weight is 311 g/mol. The number of aromatic nitrogens is 2. The molecule has 2 rings (SSSR count). The van der Waals surface area contributed by atoms with Crippen molar-refractivity contribution in [2.75, 3.05) is 0 Å². The van der Waals surface area contributed by atoms with E-state index >= 15 is 0 Å². The molecule has 0 aliphatic heterocycles. The van der Waals surface area contributed by atoms with Gasteiger partial charge in [-0.15, -0.1) is 0 Å². The first-order valence-electron chi connectivity index (χ1n) is 5.08. The van der Waals surface area contributed by atoms with Gasteiger partial charge in [-0.25, -0.2) is 4.98 Å². The van der Waals surface area contributed by atoms with Gasteiger partial charge in [-0.2, -0.15) is 0 Å². The Balaban J connectivity index is 2.11. The molecule has 0 saturated heterocycles. The first-order chi connectivity index (χ1) is 8.15. The third-order valence-corrected chi connectivity index (χ3v) is 3.51. The maximum Gasteiger partial charge on any atom is 0.101 e. The van der Waals surface area contributed by atoms with Crippen LogP contribution in [0.5, 0.6) is 0 Å². The third-order valence-electron chi connectivity index (χ3n) is 2.11. The molecule has 5 heteroatoms. The number of rotatable bonds is 3. The fourth-order valence-corrected chi connectivity index (χ4v) is 2.20. The summed E-state index contributed by atoms with van der Waals surface area (Å²) in [6.45, 7) is 1.70. The first-order valence-corrected chi connectivity index (χ1v) is 6.69. The largest absolute Gasteiger partial charge is 0.387 e. The lowest BCUT2D eigenvalue weighted by Crippen LogP contribution is -1.94. The molecule has 17 heavy (non-hydrogen) atoms. The molecule has 0 amide bonds. The Morgan fingerprint density at radius 3 is 2.53 bits per heavy atom. The van der Waals surface area contributed by atoms with E-state index in [9.17, 15) is 5.11 Å². The molecule has 0 radical (unpaired) electrons. The monoisotopic (exact) mass is 310 g/mol. The Hall–Kier alpha value is -0.910. The van der Waals surface area contributed by atoms with Crippen molar-refractivity contribution in [3.8, 4) is 0 Å². The van der Waals surface area contributed by atoms with Crippen LogP contribution < -0.4 is 0 Å². The minimum atomic E-state index is -0.528. The standard InChI is InChI=1S/C12H11BrN2OS/c1-8(16)11-4-3-10(7-14-11)17-12-5-2-9(13)6-15-12/h2-8,16H,1H3. The van der Waals surface area contributed by atoms with Crippen molar-refractivity contribution in [1.82, 2.24) is 9.97 Å². The highest BCUT2D eigenvalue weighted by Crippen LogP contribution is 2.26. The van der Waals surface area contributed by atoms with Crippen molar-refractivity contribution in [2.24, 2.45) is 0 Å². The Bertz CT molecular complexity index is 485. The van der Waals surface area contributed by atoms with Gasteiger partial charge in [0.1, 0.15) is 5.03 Å². The second kappa shape index (κ2) is 5.62. The maximum absolute atomic E-state index is 9.35. The van der Waals surface area contributed by atoms with Gasteiger partial charge in [0.25, 0.3) is 0 Å². The van der Waals surface area contributed by atoms with E-state index in [2.05, 4.69) is 25.9 Å². The van der Waals surface area contributed by atoms with Crippen LogP contribution in [-0.4, -0.2) is 15.1 Å². The van der Waals surface area contributed by atoms with Gasteiger partial charge < -0.3 is 5.11 Å². The van der Waals surface area contributed by atoms with Crippen LogP contribution in [-0.2, 0) is 0 Å². The number of halogens is 1. The van der Waals surface area contributed by atoms with E-state index in [0.29, 0.717) is 5.69 Å². The molecule has 2 aromatic heterocycles. The molecule has 3 nitrogen and oxygen atoms in total. The van der Waals surface area contributed by atoms with Gasteiger partial charge in [0.2, 0.25) is 0 Å². The zero-order valence-electron chi connectivity index (χ0n) is 9.17. The minimum Gasteiger partial charge on any atom is -0.387 e. The summed E-state index contributed by atoms with van der Waals surface area (Å²) in [7, 11) is 0. The van der Waals surface area contributed by atoms with Crippen LogP contribution in [0.3, 0.4) is 0 Å². The Kier molecular flexibility index (Phi) is 4.15. The Morgan fingerprint density at radius 1 is 1.18 bits per heavy atom. The zero-order valence-corrected chi connectivity index (χ0v) is 11.6. The predicted molar refractivity (Wildman–Crippen MR) is 70.9 cm³/mol. The Labute approximate surface area is 112 Å². The van der Waals surface area contributed by atoms with Gasteiger partial charge >= 0.3 is 0 Å². The van der Waals surface area contributed by atoms with Crippen LogP contribution in [0.25, 0.3) is 0 Å². The number of hydrogen-bond donors (Lipinski definition) is 1. The third kappa shape index (κ3) is 3.52. The molecule has 0 aromatic carbocycles. The molecule has 1 N–H and O–H groups in total. The first kappa shape index (κ1) is 12.5. The van der Waals surface area contributed by atoms with Gasteiger partial charge in [0.05, 0.1) is 11.8 Å². The summed E-state index contributed by atoms with van der Waals surface area (Å²) < 4.78 is 0.962. The van der Waals surface area contributed by atoms with Crippen LogP contribution in [0, 0.1) is 0 Å². The normalized spacial score (nSPS) is 12.4. The smallest absolute Gasteiger partial charge is 0.101 e. The summed E-state index contributed by atoms with van der Waals surface area (Å²) in [5.74, 6) is 0. The SMILES string of the molecule is CC(O)c1ccc(Sc2ccc(Br)cn2)cn1. The second-order valence-corrected chi connectivity index (χ2v) is 5.52. The average Bonchev–Trinajstić information content (AvgIpc) is 2.33. The quantitative estimate of drug-likeness (QED) is 0.943. The molecule has 88 valence electrons. The maximum atomic E-state index is 9.35. The van der Waals surface area contributed by atoms with Crippen molar-refractivity contribution in [1.29, 1.82) is 0 Å². The highest BCUT2D eigenvalue weighted by molar-refractivity contribution is 9.10. The van der Waals surface area contributed by atoms with E-state index in [4.69, 9.17) is 0 Å². The van der Waals surface area contributed by atoms with Crippen molar-refractivity contribution in [2.45, 2.75) is 22.9 Å². The van der Waals surface area contributed by atoms with Crippen LogP contribution in [0.4, 0.5) is 0 Å². The van der Waals surface area contributed by atoms with E-state index in [1.807, 2.05) is 24.3 Å². The molecule has 0 aliphatic carbocycles. The molecule has 0 fully saturated rings. The van der Waals surface area contributed by atoms with Gasteiger partial charge in [-0.3, -0.25) is 4.98 Å². The van der Waals surface area contributed by atoms with Crippen LogP contribution in [0.2, 0.25) is 0 Å². The zero-order chi connectivity index (χ0) is 12.3. The van der Waals surface area contributed by atoms with Crippen molar-refractivity contribution in [3.05, 3.63) is 46.8 Å². The fourth-order valence-electron chi connectivity index (χ4n) is 1.24.